The topological polar surface area (TPSA) is 83.0 Å². The smallest absolute Gasteiger partial charge is 0.358 e. The van der Waals surface area contributed by atoms with Gasteiger partial charge < -0.3 is 10.5 Å². The highest BCUT2D eigenvalue weighted by molar-refractivity contribution is 6.35. The third kappa shape index (κ3) is 2.29. The SMILES string of the molecule is COC(=O)c1nc(-c2cccc3c2cnn3C)c(F)c(N)c1Cl. The van der Waals surface area contributed by atoms with Gasteiger partial charge in [0.2, 0.25) is 0 Å². The fourth-order valence-corrected chi connectivity index (χ4v) is 2.56. The second-order valence-corrected chi connectivity index (χ2v) is 5.23. The molecule has 0 aliphatic carbocycles. The largest absolute Gasteiger partial charge is 0.464 e. The maximum Gasteiger partial charge on any atom is 0.358 e. The lowest BCUT2D eigenvalue weighted by atomic mass is 10.1. The number of fused-ring (bicyclic) bond motifs is 1. The molecule has 8 heteroatoms. The van der Waals surface area contributed by atoms with Crippen molar-refractivity contribution in [2.75, 3.05) is 12.8 Å². The molecule has 0 bridgehead atoms. The molecule has 118 valence electrons. The van der Waals surface area contributed by atoms with Gasteiger partial charge in [0.05, 0.1) is 29.5 Å². The van der Waals surface area contributed by atoms with Crippen molar-refractivity contribution in [3.05, 3.63) is 40.9 Å². The van der Waals surface area contributed by atoms with Crippen LogP contribution >= 0.6 is 11.6 Å². The Hall–Kier alpha value is -2.67. The minimum Gasteiger partial charge on any atom is -0.464 e. The second-order valence-electron chi connectivity index (χ2n) is 4.85. The van der Waals surface area contributed by atoms with Gasteiger partial charge in [-0.3, -0.25) is 4.68 Å². The van der Waals surface area contributed by atoms with Gasteiger partial charge in [-0.2, -0.15) is 5.10 Å². The van der Waals surface area contributed by atoms with Gasteiger partial charge in [-0.25, -0.2) is 14.2 Å². The molecule has 23 heavy (non-hydrogen) atoms. The zero-order valence-corrected chi connectivity index (χ0v) is 13.1. The summed E-state index contributed by atoms with van der Waals surface area (Å²) in [5.41, 5.74) is 6.28. The van der Waals surface area contributed by atoms with E-state index in [-0.39, 0.29) is 22.1 Å². The molecule has 0 spiro atoms. The number of carbonyl (C=O) groups is 1. The standard InChI is InChI=1S/C15H12ClFN4O2/c1-21-9-5-3-4-7(8(9)6-19-21)13-11(17)12(18)10(16)14(20-13)15(22)23-2/h3-6H,1-2H3,(H2,18,20). The Morgan fingerprint density at radius 1 is 1.43 bits per heavy atom. The van der Waals surface area contributed by atoms with Crippen molar-refractivity contribution in [1.82, 2.24) is 14.8 Å². The highest BCUT2D eigenvalue weighted by Gasteiger charge is 2.24. The van der Waals surface area contributed by atoms with Gasteiger partial charge in [0, 0.05) is 18.0 Å². The number of aryl methyl sites for hydroxylation is 1. The molecule has 1 aromatic carbocycles. The summed E-state index contributed by atoms with van der Waals surface area (Å²) in [5, 5.41) is 4.56. The van der Waals surface area contributed by atoms with E-state index >= 15 is 0 Å². The summed E-state index contributed by atoms with van der Waals surface area (Å²) in [4.78, 5) is 15.8. The number of rotatable bonds is 2. The first kappa shape index (κ1) is 15.2. The number of esters is 1. The van der Waals surface area contributed by atoms with Gasteiger partial charge in [-0.1, -0.05) is 23.7 Å². The first-order valence-electron chi connectivity index (χ1n) is 6.59. The fourth-order valence-electron chi connectivity index (χ4n) is 2.36. The summed E-state index contributed by atoms with van der Waals surface area (Å²) in [5.74, 6) is -1.58. The minimum absolute atomic E-state index is 0.0779. The highest BCUT2D eigenvalue weighted by Crippen LogP contribution is 2.35. The van der Waals surface area contributed by atoms with Gasteiger partial charge >= 0.3 is 5.97 Å². The predicted molar refractivity (Wildman–Crippen MR) is 84.7 cm³/mol. The van der Waals surface area contributed by atoms with Crippen molar-refractivity contribution in [2.45, 2.75) is 0 Å². The molecule has 0 saturated carbocycles. The number of aromatic nitrogens is 3. The van der Waals surface area contributed by atoms with Gasteiger partial charge in [0.1, 0.15) is 5.69 Å². The van der Waals surface area contributed by atoms with Crippen LogP contribution in [0.15, 0.2) is 24.4 Å². The van der Waals surface area contributed by atoms with Crippen molar-refractivity contribution >= 4 is 34.2 Å². The zero-order chi connectivity index (χ0) is 16.7. The molecule has 0 radical (unpaired) electrons. The van der Waals surface area contributed by atoms with Crippen LogP contribution in [0, 0.1) is 5.82 Å². The molecular weight excluding hydrogens is 323 g/mol. The van der Waals surface area contributed by atoms with Crippen LogP contribution in [-0.4, -0.2) is 27.8 Å². The number of halogens is 2. The summed E-state index contributed by atoms with van der Waals surface area (Å²) >= 11 is 5.91. The van der Waals surface area contributed by atoms with Crippen LogP contribution in [0.5, 0.6) is 0 Å². The van der Waals surface area contributed by atoms with Crippen LogP contribution in [0.3, 0.4) is 0 Å². The fraction of sp³-hybridized carbons (Fsp3) is 0.133. The zero-order valence-electron chi connectivity index (χ0n) is 12.3. The number of benzene rings is 1. The maximum absolute atomic E-state index is 14.6. The average molecular weight is 335 g/mol. The van der Waals surface area contributed by atoms with Crippen molar-refractivity contribution in [1.29, 1.82) is 0 Å². The summed E-state index contributed by atoms with van der Waals surface area (Å²) < 4.78 is 20.8. The molecule has 0 atom stereocenters. The number of pyridine rings is 1. The number of hydrogen-bond donors (Lipinski definition) is 1. The van der Waals surface area contributed by atoms with E-state index in [0.717, 1.165) is 5.52 Å². The van der Waals surface area contributed by atoms with Gasteiger partial charge in [0.15, 0.2) is 11.5 Å². The van der Waals surface area contributed by atoms with Crippen LogP contribution in [0.1, 0.15) is 10.5 Å². The van der Waals surface area contributed by atoms with Gasteiger partial charge in [0.25, 0.3) is 0 Å². The van der Waals surface area contributed by atoms with Crippen molar-refractivity contribution < 1.29 is 13.9 Å². The molecule has 3 rings (SSSR count). The van der Waals surface area contributed by atoms with E-state index in [9.17, 15) is 9.18 Å². The molecule has 2 N–H and O–H groups in total. The lowest BCUT2D eigenvalue weighted by Crippen LogP contribution is -2.10. The van der Waals surface area contributed by atoms with E-state index in [0.29, 0.717) is 10.9 Å². The number of ether oxygens (including phenoxy) is 1. The van der Waals surface area contributed by atoms with E-state index < -0.39 is 11.8 Å². The molecular formula is C15H12ClFN4O2. The minimum atomic E-state index is -0.793. The van der Waals surface area contributed by atoms with E-state index in [1.165, 1.54) is 7.11 Å². The Bertz CT molecular complexity index is 939. The molecule has 3 aromatic rings. The van der Waals surface area contributed by atoms with Crippen molar-refractivity contribution in [3.63, 3.8) is 0 Å². The van der Waals surface area contributed by atoms with E-state index in [2.05, 4.69) is 14.8 Å². The van der Waals surface area contributed by atoms with Gasteiger partial charge in [-0.15, -0.1) is 0 Å². The number of nitrogens with zero attached hydrogens (tertiary/aromatic N) is 3. The van der Waals surface area contributed by atoms with Crippen LogP contribution in [0.25, 0.3) is 22.2 Å². The number of nitrogens with two attached hydrogens (primary N) is 1. The molecule has 2 aromatic heterocycles. The lowest BCUT2D eigenvalue weighted by Gasteiger charge is -2.11. The Morgan fingerprint density at radius 2 is 2.17 bits per heavy atom. The Morgan fingerprint density at radius 3 is 2.87 bits per heavy atom. The second kappa shape index (κ2) is 5.51. The highest BCUT2D eigenvalue weighted by atomic mass is 35.5. The van der Waals surface area contributed by atoms with E-state index in [1.54, 1.807) is 30.1 Å². The Balaban J connectivity index is 2.35. The third-order valence-corrected chi connectivity index (χ3v) is 3.92. The molecule has 0 unspecified atom stereocenters. The molecule has 0 aliphatic rings. The number of methoxy groups -OCH3 is 1. The van der Waals surface area contributed by atoms with Crippen LogP contribution in [0.4, 0.5) is 10.1 Å². The first-order valence-corrected chi connectivity index (χ1v) is 6.97. The first-order chi connectivity index (χ1) is 11.0. The van der Waals surface area contributed by atoms with Crippen LogP contribution < -0.4 is 5.73 Å². The normalized spacial score (nSPS) is 11.0. The van der Waals surface area contributed by atoms with Crippen LogP contribution in [-0.2, 0) is 11.8 Å². The number of hydrogen-bond acceptors (Lipinski definition) is 5. The molecule has 2 heterocycles. The van der Waals surface area contributed by atoms with Crippen molar-refractivity contribution in [3.8, 4) is 11.3 Å². The lowest BCUT2D eigenvalue weighted by molar-refractivity contribution is 0.0594. The molecule has 0 saturated heterocycles. The predicted octanol–water partition coefficient (Wildman–Crippen LogP) is 2.80. The number of nitrogen functional groups attached to an aromatic ring is 1. The average Bonchev–Trinajstić information content (AvgIpc) is 2.94. The Kier molecular flexibility index (Phi) is 3.65. The molecule has 0 fully saturated rings. The quantitative estimate of drug-likeness (QED) is 0.729. The van der Waals surface area contributed by atoms with Crippen molar-refractivity contribution in [2.24, 2.45) is 7.05 Å². The molecule has 6 nitrogen and oxygen atoms in total. The number of anilines is 1. The maximum atomic E-state index is 14.6. The summed E-state index contributed by atoms with van der Waals surface area (Å²) in [6, 6.07) is 5.25. The van der Waals surface area contributed by atoms with Gasteiger partial charge in [-0.05, 0) is 6.07 Å². The third-order valence-electron chi connectivity index (χ3n) is 3.54. The summed E-state index contributed by atoms with van der Waals surface area (Å²) in [6.45, 7) is 0. The molecule has 0 amide bonds. The summed E-state index contributed by atoms with van der Waals surface area (Å²) in [7, 11) is 2.95. The van der Waals surface area contributed by atoms with E-state index in [1.807, 2.05) is 6.07 Å². The summed E-state index contributed by atoms with van der Waals surface area (Å²) in [6.07, 6.45) is 1.59. The number of carbonyl (C=O) groups excluding carboxylic acids is 1. The van der Waals surface area contributed by atoms with Crippen LogP contribution in [0.2, 0.25) is 5.02 Å². The monoisotopic (exact) mass is 334 g/mol. The van der Waals surface area contributed by atoms with E-state index in [4.69, 9.17) is 17.3 Å². The Labute approximate surface area is 135 Å². The molecule has 0 aliphatic heterocycles.